The molecule has 6 heteroatoms. The molecule has 1 unspecified atom stereocenters. The van der Waals surface area contributed by atoms with Crippen LogP contribution < -0.4 is 10.5 Å². The van der Waals surface area contributed by atoms with E-state index in [9.17, 15) is 8.42 Å². The summed E-state index contributed by atoms with van der Waals surface area (Å²) in [6.45, 7) is 1.37. The van der Waals surface area contributed by atoms with Crippen LogP contribution in [0.25, 0.3) is 0 Å². The lowest BCUT2D eigenvalue weighted by atomic mass is 10.1. The molecule has 106 valence electrons. The molecule has 1 saturated heterocycles. The minimum absolute atomic E-state index is 0.303. The second kappa shape index (κ2) is 6.36. The number of benzene rings is 1. The highest BCUT2D eigenvalue weighted by molar-refractivity contribution is 7.90. The zero-order valence-corrected chi connectivity index (χ0v) is 11.7. The number of rotatable bonds is 5. The van der Waals surface area contributed by atoms with Crippen LogP contribution >= 0.6 is 0 Å². The van der Waals surface area contributed by atoms with Crippen molar-refractivity contribution in [3.8, 4) is 0 Å². The molecule has 3 N–H and O–H groups in total. The fourth-order valence-corrected chi connectivity index (χ4v) is 3.47. The first kappa shape index (κ1) is 14.3. The van der Waals surface area contributed by atoms with E-state index in [-0.39, 0.29) is 0 Å². The van der Waals surface area contributed by atoms with Gasteiger partial charge in [0.05, 0.1) is 11.9 Å². The summed E-state index contributed by atoms with van der Waals surface area (Å²) in [6, 6.07) is 7.46. The van der Waals surface area contributed by atoms with Gasteiger partial charge in [-0.2, -0.15) is 0 Å². The lowest BCUT2D eigenvalue weighted by Crippen LogP contribution is -2.40. The molecule has 1 fully saturated rings. The molecular weight excluding hydrogens is 264 g/mol. The van der Waals surface area contributed by atoms with Crippen LogP contribution in [0.15, 0.2) is 24.3 Å². The topological polar surface area (TPSA) is 81.4 Å². The summed E-state index contributed by atoms with van der Waals surface area (Å²) in [5, 5.41) is -0.410. The molecule has 0 aliphatic carbocycles. The third kappa shape index (κ3) is 4.19. The third-order valence-corrected chi connectivity index (χ3v) is 5.11. The summed E-state index contributed by atoms with van der Waals surface area (Å²) in [5.41, 5.74) is 7.37. The molecule has 1 atom stereocenters. The third-order valence-electron chi connectivity index (χ3n) is 3.25. The van der Waals surface area contributed by atoms with Gasteiger partial charge in [0.2, 0.25) is 10.0 Å². The van der Waals surface area contributed by atoms with Gasteiger partial charge in [-0.3, -0.25) is 0 Å². The minimum Gasteiger partial charge on any atom is -0.399 e. The van der Waals surface area contributed by atoms with E-state index >= 15 is 0 Å². The molecule has 0 saturated carbocycles. The van der Waals surface area contributed by atoms with Crippen molar-refractivity contribution in [3.63, 3.8) is 0 Å². The van der Waals surface area contributed by atoms with Gasteiger partial charge in [0.15, 0.2) is 0 Å². The molecule has 0 spiro atoms. The minimum atomic E-state index is -3.26. The summed E-state index contributed by atoms with van der Waals surface area (Å²) in [7, 11) is -3.26. The van der Waals surface area contributed by atoms with Gasteiger partial charge in [0.25, 0.3) is 0 Å². The average Bonchev–Trinajstić information content (AvgIpc) is 2.42. The standard InChI is InChI=1S/C13H20N2O3S/c14-12-5-3-11(4-6-12)7-8-15-19(16,17)13-2-1-9-18-10-13/h3-6,13,15H,1-2,7-10,14H2. The van der Waals surface area contributed by atoms with Crippen molar-refractivity contribution < 1.29 is 13.2 Å². The fraction of sp³-hybridized carbons (Fsp3) is 0.538. The molecule has 1 aliphatic heterocycles. The van der Waals surface area contributed by atoms with Crippen LogP contribution in [0, 0.1) is 0 Å². The van der Waals surface area contributed by atoms with Crippen molar-refractivity contribution in [2.45, 2.75) is 24.5 Å². The van der Waals surface area contributed by atoms with E-state index in [4.69, 9.17) is 10.5 Å². The van der Waals surface area contributed by atoms with Crippen molar-refractivity contribution in [3.05, 3.63) is 29.8 Å². The van der Waals surface area contributed by atoms with Crippen molar-refractivity contribution >= 4 is 15.7 Å². The molecule has 0 radical (unpaired) electrons. The van der Waals surface area contributed by atoms with Crippen molar-refractivity contribution in [2.24, 2.45) is 0 Å². The van der Waals surface area contributed by atoms with Gasteiger partial charge in [-0.25, -0.2) is 13.1 Å². The number of hydrogen-bond donors (Lipinski definition) is 2. The van der Waals surface area contributed by atoms with E-state index in [0.29, 0.717) is 38.3 Å². The highest BCUT2D eigenvalue weighted by Gasteiger charge is 2.27. The SMILES string of the molecule is Nc1ccc(CCNS(=O)(=O)C2CCCOC2)cc1. The van der Waals surface area contributed by atoms with Crippen LogP contribution in [0.3, 0.4) is 0 Å². The smallest absolute Gasteiger partial charge is 0.216 e. The maximum Gasteiger partial charge on any atom is 0.216 e. The number of nitrogens with two attached hydrogens (primary N) is 1. The molecule has 1 heterocycles. The van der Waals surface area contributed by atoms with Gasteiger partial charge in [-0.15, -0.1) is 0 Å². The molecule has 0 aromatic heterocycles. The molecule has 19 heavy (non-hydrogen) atoms. The second-order valence-electron chi connectivity index (χ2n) is 4.77. The number of sulfonamides is 1. The van der Waals surface area contributed by atoms with Crippen LogP contribution in [0.4, 0.5) is 5.69 Å². The molecule has 2 rings (SSSR count). The lowest BCUT2D eigenvalue weighted by Gasteiger charge is -2.22. The maximum atomic E-state index is 12.0. The van der Waals surface area contributed by atoms with Gasteiger partial charge in [-0.05, 0) is 37.0 Å². The summed E-state index contributed by atoms with van der Waals surface area (Å²) in [5.74, 6) is 0. The fourth-order valence-electron chi connectivity index (χ4n) is 2.10. The Morgan fingerprint density at radius 1 is 1.32 bits per heavy atom. The van der Waals surface area contributed by atoms with Gasteiger partial charge >= 0.3 is 0 Å². The first-order chi connectivity index (χ1) is 9.08. The average molecular weight is 284 g/mol. The molecule has 1 aromatic rings. The Morgan fingerprint density at radius 3 is 2.68 bits per heavy atom. The quantitative estimate of drug-likeness (QED) is 0.787. The molecule has 5 nitrogen and oxygen atoms in total. The first-order valence-corrected chi connectivity index (χ1v) is 8.03. The normalized spacial score (nSPS) is 20.3. The first-order valence-electron chi connectivity index (χ1n) is 6.48. The van der Waals surface area contributed by atoms with E-state index in [1.165, 1.54) is 0 Å². The van der Waals surface area contributed by atoms with Gasteiger partial charge in [0.1, 0.15) is 0 Å². The lowest BCUT2D eigenvalue weighted by molar-refractivity contribution is 0.0988. The predicted molar refractivity (Wildman–Crippen MR) is 75.3 cm³/mol. The Morgan fingerprint density at radius 2 is 2.05 bits per heavy atom. The summed E-state index contributed by atoms with van der Waals surface area (Å²) < 4.78 is 31.9. The van der Waals surface area contributed by atoms with Gasteiger partial charge < -0.3 is 10.5 Å². The Bertz CT molecular complexity index is 493. The number of anilines is 1. The van der Waals surface area contributed by atoms with Crippen LogP contribution in [-0.2, 0) is 21.2 Å². The monoisotopic (exact) mass is 284 g/mol. The van der Waals surface area contributed by atoms with Gasteiger partial charge in [-0.1, -0.05) is 12.1 Å². The van der Waals surface area contributed by atoms with Crippen molar-refractivity contribution in [2.75, 3.05) is 25.5 Å². The Labute approximate surface area is 114 Å². The summed E-state index contributed by atoms with van der Waals surface area (Å²) in [6.07, 6.45) is 2.15. The largest absolute Gasteiger partial charge is 0.399 e. The van der Waals surface area contributed by atoms with Crippen molar-refractivity contribution in [1.82, 2.24) is 4.72 Å². The zero-order chi connectivity index (χ0) is 13.7. The van der Waals surface area contributed by atoms with Crippen molar-refractivity contribution in [1.29, 1.82) is 0 Å². The molecular formula is C13H20N2O3S. The summed E-state index contributed by atoms with van der Waals surface area (Å²) in [4.78, 5) is 0. The van der Waals surface area contributed by atoms with E-state index in [1.807, 2.05) is 24.3 Å². The number of ether oxygens (including phenoxy) is 1. The Kier molecular flexibility index (Phi) is 4.79. The van der Waals surface area contributed by atoms with E-state index in [0.717, 1.165) is 12.0 Å². The van der Waals surface area contributed by atoms with Crippen LogP contribution in [0.1, 0.15) is 18.4 Å². The highest BCUT2D eigenvalue weighted by Crippen LogP contribution is 2.13. The van der Waals surface area contributed by atoms with Crippen LogP contribution in [0.5, 0.6) is 0 Å². The molecule has 0 bridgehead atoms. The molecule has 1 aromatic carbocycles. The summed E-state index contributed by atoms with van der Waals surface area (Å²) >= 11 is 0. The highest BCUT2D eigenvalue weighted by atomic mass is 32.2. The van der Waals surface area contributed by atoms with Gasteiger partial charge in [0, 0.05) is 18.8 Å². The Balaban J connectivity index is 1.82. The number of nitrogen functional groups attached to an aromatic ring is 1. The second-order valence-corrected chi connectivity index (χ2v) is 6.82. The maximum absolute atomic E-state index is 12.0. The molecule has 0 amide bonds. The van der Waals surface area contributed by atoms with E-state index < -0.39 is 15.3 Å². The predicted octanol–water partition coefficient (Wildman–Crippen LogP) is 0.910. The van der Waals surface area contributed by atoms with E-state index in [2.05, 4.69) is 4.72 Å². The van der Waals surface area contributed by atoms with Crippen LogP contribution in [0.2, 0.25) is 0 Å². The Hall–Kier alpha value is -1.11. The zero-order valence-electron chi connectivity index (χ0n) is 10.8. The molecule has 1 aliphatic rings. The number of hydrogen-bond acceptors (Lipinski definition) is 4. The van der Waals surface area contributed by atoms with Crippen LogP contribution in [-0.4, -0.2) is 33.4 Å². The number of nitrogens with one attached hydrogen (secondary N) is 1. The van der Waals surface area contributed by atoms with E-state index in [1.54, 1.807) is 0 Å².